The van der Waals surface area contributed by atoms with E-state index >= 15 is 0 Å². The minimum absolute atomic E-state index is 0.0265. The van der Waals surface area contributed by atoms with Gasteiger partial charge in [-0.1, -0.05) is 12.1 Å². The number of pyridine rings is 1. The van der Waals surface area contributed by atoms with Crippen molar-refractivity contribution in [2.24, 2.45) is 0 Å². The van der Waals surface area contributed by atoms with E-state index in [4.69, 9.17) is 9.47 Å². The van der Waals surface area contributed by atoms with Crippen molar-refractivity contribution in [3.63, 3.8) is 0 Å². The fourth-order valence-corrected chi connectivity index (χ4v) is 1.88. The van der Waals surface area contributed by atoms with E-state index in [-0.39, 0.29) is 12.3 Å². The van der Waals surface area contributed by atoms with E-state index in [2.05, 4.69) is 4.98 Å². The van der Waals surface area contributed by atoms with E-state index < -0.39 is 6.10 Å². The number of aromatic nitrogens is 1. The van der Waals surface area contributed by atoms with Crippen LogP contribution < -0.4 is 9.47 Å². The minimum atomic E-state index is -0.819. The first kappa shape index (κ1) is 15.0. The molecule has 0 saturated heterocycles. The normalized spacial score (nSPS) is 11.8. The van der Waals surface area contributed by atoms with Gasteiger partial charge < -0.3 is 14.6 Å². The molecular weight excluding hydrogens is 270 g/mol. The molecule has 0 aliphatic heterocycles. The number of ether oxygens (including phenoxy) is 2. The largest absolute Gasteiger partial charge is 0.497 e. The lowest BCUT2D eigenvalue weighted by Gasteiger charge is -2.14. The lowest BCUT2D eigenvalue weighted by atomic mass is 10.1. The molecule has 0 aliphatic carbocycles. The number of hydrogen-bond donors (Lipinski definition) is 1. The van der Waals surface area contributed by atoms with Crippen LogP contribution in [0.1, 0.15) is 27.8 Å². The summed E-state index contributed by atoms with van der Waals surface area (Å²) < 4.78 is 10.6. The molecular formula is C16H17NO4. The van der Waals surface area contributed by atoms with Crippen molar-refractivity contribution in [1.29, 1.82) is 0 Å². The van der Waals surface area contributed by atoms with Crippen molar-refractivity contribution in [2.45, 2.75) is 13.0 Å². The number of rotatable bonds is 6. The van der Waals surface area contributed by atoms with Gasteiger partial charge in [0.2, 0.25) is 0 Å². The number of aryl methyl sites for hydroxylation is 1. The molecule has 1 aromatic heterocycles. The van der Waals surface area contributed by atoms with Gasteiger partial charge in [0, 0.05) is 5.69 Å². The number of hydrogen-bond acceptors (Lipinski definition) is 5. The molecule has 1 unspecified atom stereocenters. The summed E-state index contributed by atoms with van der Waals surface area (Å²) in [6.45, 7) is 1.82. The Labute approximate surface area is 123 Å². The van der Waals surface area contributed by atoms with E-state index in [9.17, 15) is 9.90 Å². The Morgan fingerprint density at radius 2 is 2.14 bits per heavy atom. The maximum absolute atomic E-state index is 11.0. The van der Waals surface area contributed by atoms with E-state index in [0.717, 1.165) is 5.69 Å². The van der Waals surface area contributed by atoms with Crippen LogP contribution in [0.2, 0.25) is 0 Å². The highest BCUT2D eigenvalue weighted by Crippen LogP contribution is 2.21. The Morgan fingerprint density at radius 1 is 1.33 bits per heavy atom. The molecule has 2 aromatic rings. The molecule has 110 valence electrons. The number of carbonyl (C=O) groups is 1. The summed E-state index contributed by atoms with van der Waals surface area (Å²) in [5.41, 5.74) is 1.65. The van der Waals surface area contributed by atoms with E-state index in [1.54, 1.807) is 50.4 Å². The lowest BCUT2D eigenvalue weighted by molar-refractivity contribution is 0.103. The Morgan fingerprint density at radius 3 is 2.86 bits per heavy atom. The van der Waals surface area contributed by atoms with E-state index in [1.165, 1.54) is 0 Å². The fraction of sp³-hybridized carbons (Fsp3) is 0.250. The summed E-state index contributed by atoms with van der Waals surface area (Å²) in [5.74, 6) is 1.02. The molecule has 1 aromatic carbocycles. The summed E-state index contributed by atoms with van der Waals surface area (Å²) in [6, 6.07) is 10.5. The molecule has 0 aliphatic rings. The zero-order valence-electron chi connectivity index (χ0n) is 11.9. The van der Waals surface area contributed by atoms with Gasteiger partial charge in [-0.2, -0.15) is 0 Å². The predicted molar refractivity (Wildman–Crippen MR) is 77.8 cm³/mol. The third kappa shape index (κ3) is 3.79. The standard InChI is InChI=1S/C16H17NO4/c1-11-6-7-16(14(9-18)17-11)21-10-15(19)12-4-3-5-13(8-12)20-2/h3-9,15,19H,10H2,1-2H3. The maximum atomic E-state index is 11.0. The monoisotopic (exact) mass is 287 g/mol. The van der Waals surface area contributed by atoms with Crippen molar-refractivity contribution in [3.05, 3.63) is 53.3 Å². The Bertz CT molecular complexity index is 627. The molecule has 0 saturated carbocycles. The number of aliphatic hydroxyl groups excluding tert-OH is 1. The van der Waals surface area contributed by atoms with E-state index in [1.807, 2.05) is 0 Å². The Kier molecular flexibility index (Phi) is 4.90. The molecule has 1 atom stereocenters. The first-order chi connectivity index (χ1) is 10.1. The van der Waals surface area contributed by atoms with Gasteiger partial charge >= 0.3 is 0 Å². The second-order valence-electron chi connectivity index (χ2n) is 4.56. The van der Waals surface area contributed by atoms with Crippen LogP contribution >= 0.6 is 0 Å². The number of aliphatic hydroxyl groups is 1. The summed E-state index contributed by atoms with van der Waals surface area (Å²) in [7, 11) is 1.57. The van der Waals surface area contributed by atoms with Crippen LogP contribution in [-0.4, -0.2) is 30.1 Å². The molecule has 1 heterocycles. The van der Waals surface area contributed by atoms with Gasteiger partial charge in [-0.05, 0) is 36.8 Å². The average Bonchev–Trinajstić information content (AvgIpc) is 2.53. The Balaban J connectivity index is 2.07. The number of methoxy groups -OCH3 is 1. The van der Waals surface area contributed by atoms with E-state index in [0.29, 0.717) is 23.3 Å². The maximum Gasteiger partial charge on any atom is 0.172 e. The minimum Gasteiger partial charge on any atom is -0.497 e. The molecule has 0 amide bonds. The van der Waals surface area contributed by atoms with Crippen molar-refractivity contribution >= 4 is 6.29 Å². The van der Waals surface area contributed by atoms with Gasteiger partial charge in [-0.25, -0.2) is 4.98 Å². The highest BCUT2D eigenvalue weighted by Gasteiger charge is 2.12. The van der Waals surface area contributed by atoms with Gasteiger partial charge in [0.05, 0.1) is 7.11 Å². The van der Waals surface area contributed by atoms with Crippen LogP contribution in [0.5, 0.6) is 11.5 Å². The van der Waals surface area contributed by atoms with Crippen LogP contribution in [-0.2, 0) is 0 Å². The number of nitrogens with zero attached hydrogens (tertiary/aromatic N) is 1. The topological polar surface area (TPSA) is 68.7 Å². The molecule has 0 radical (unpaired) electrons. The summed E-state index contributed by atoms with van der Waals surface area (Å²) in [6.07, 6.45) is -0.179. The molecule has 0 fully saturated rings. The van der Waals surface area contributed by atoms with Crippen molar-refractivity contribution < 1.29 is 19.4 Å². The lowest BCUT2D eigenvalue weighted by Crippen LogP contribution is -2.11. The SMILES string of the molecule is COc1cccc(C(O)COc2ccc(C)nc2C=O)c1. The highest BCUT2D eigenvalue weighted by molar-refractivity contribution is 5.76. The molecule has 5 nitrogen and oxygen atoms in total. The summed E-state index contributed by atoms with van der Waals surface area (Å²) in [5, 5.41) is 10.1. The number of aldehydes is 1. The second kappa shape index (κ2) is 6.85. The molecule has 21 heavy (non-hydrogen) atoms. The Hall–Kier alpha value is -2.40. The highest BCUT2D eigenvalue weighted by atomic mass is 16.5. The van der Waals surface area contributed by atoms with Crippen molar-refractivity contribution in [1.82, 2.24) is 4.98 Å². The van der Waals surface area contributed by atoms with Crippen molar-refractivity contribution in [2.75, 3.05) is 13.7 Å². The third-order valence-corrected chi connectivity index (χ3v) is 3.01. The zero-order chi connectivity index (χ0) is 15.2. The molecule has 2 rings (SSSR count). The smallest absolute Gasteiger partial charge is 0.172 e. The van der Waals surface area contributed by atoms with Gasteiger partial charge in [0.1, 0.15) is 29.9 Å². The van der Waals surface area contributed by atoms with Crippen LogP contribution in [0.3, 0.4) is 0 Å². The molecule has 0 bridgehead atoms. The first-order valence-electron chi connectivity index (χ1n) is 6.51. The van der Waals surface area contributed by atoms with Gasteiger partial charge in [-0.3, -0.25) is 4.79 Å². The van der Waals surface area contributed by atoms with Gasteiger partial charge in [0.25, 0.3) is 0 Å². The molecule has 5 heteroatoms. The second-order valence-corrected chi connectivity index (χ2v) is 4.56. The number of carbonyl (C=O) groups excluding carboxylic acids is 1. The quantitative estimate of drug-likeness (QED) is 0.826. The van der Waals surface area contributed by atoms with Crippen LogP contribution in [0.15, 0.2) is 36.4 Å². The third-order valence-electron chi connectivity index (χ3n) is 3.01. The van der Waals surface area contributed by atoms with Crippen LogP contribution in [0.4, 0.5) is 0 Å². The zero-order valence-corrected chi connectivity index (χ0v) is 11.9. The first-order valence-corrected chi connectivity index (χ1v) is 6.51. The fourth-order valence-electron chi connectivity index (χ4n) is 1.88. The van der Waals surface area contributed by atoms with Gasteiger partial charge in [-0.15, -0.1) is 0 Å². The molecule has 1 N–H and O–H groups in total. The van der Waals surface area contributed by atoms with Crippen LogP contribution in [0, 0.1) is 6.92 Å². The number of benzene rings is 1. The summed E-state index contributed by atoms with van der Waals surface area (Å²) in [4.78, 5) is 15.0. The van der Waals surface area contributed by atoms with Crippen molar-refractivity contribution in [3.8, 4) is 11.5 Å². The molecule has 0 spiro atoms. The predicted octanol–water partition coefficient (Wildman–Crippen LogP) is 2.32. The van der Waals surface area contributed by atoms with Gasteiger partial charge in [0.15, 0.2) is 6.29 Å². The average molecular weight is 287 g/mol. The van der Waals surface area contributed by atoms with Crippen LogP contribution in [0.25, 0.3) is 0 Å². The summed E-state index contributed by atoms with van der Waals surface area (Å²) >= 11 is 0.